The number of carbonyl (C=O) groups is 1. The van der Waals surface area contributed by atoms with Crippen molar-refractivity contribution in [2.24, 2.45) is 18.9 Å². The number of aryl methyl sites for hydroxylation is 1. The summed E-state index contributed by atoms with van der Waals surface area (Å²) < 4.78 is 21.7. The van der Waals surface area contributed by atoms with Gasteiger partial charge in [0.25, 0.3) is 0 Å². The summed E-state index contributed by atoms with van der Waals surface area (Å²) >= 11 is 6.73. The molecule has 6 rings (SSSR count). The fourth-order valence-electron chi connectivity index (χ4n) is 6.71. The Morgan fingerprint density at radius 3 is 2.68 bits per heavy atom. The van der Waals surface area contributed by atoms with Gasteiger partial charge in [0.05, 0.1) is 24.9 Å². The van der Waals surface area contributed by atoms with Crippen molar-refractivity contribution >= 4 is 34.1 Å². The maximum atomic E-state index is 14.5. The van der Waals surface area contributed by atoms with E-state index >= 15 is 0 Å². The quantitative estimate of drug-likeness (QED) is 0.460. The zero-order valence-corrected chi connectivity index (χ0v) is 22.9. The second-order valence-corrected chi connectivity index (χ2v) is 11.9. The van der Waals surface area contributed by atoms with Gasteiger partial charge in [-0.1, -0.05) is 24.9 Å². The minimum Gasteiger partial charge on any atom is -0.376 e. The summed E-state index contributed by atoms with van der Waals surface area (Å²) in [6.45, 7) is 6.36. The van der Waals surface area contributed by atoms with Gasteiger partial charge in [-0.15, -0.1) is 0 Å². The first-order chi connectivity index (χ1) is 18.3. The number of halogens is 2. The molecule has 3 fully saturated rings. The first-order valence-electron chi connectivity index (χ1n) is 13.6. The second kappa shape index (κ2) is 9.88. The average molecular weight is 540 g/mol. The van der Waals surface area contributed by atoms with Gasteiger partial charge in [0, 0.05) is 41.7 Å². The number of carbonyl (C=O) groups excluding carboxylic acids is 1. The van der Waals surface area contributed by atoms with Gasteiger partial charge in [0.2, 0.25) is 5.91 Å². The molecule has 4 heterocycles. The first-order valence-corrected chi connectivity index (χ1v) is 14.0. The van der Waals surface area contributed by atoms with E-state index in [2.05, 4.69) is 33.3 Å². The smallest absolute Gasteiger partial charge is 0.229 e. The van der Waals surface area contributed by atoms with Crippen LogP contribution in [-0.2, 0) is 16.6 Å². The third-order valence-electron chi connectivity index (χ3n) is 9.13. The number of alkyl halides is 1. The van der Waals surface area contributed by atoms with Crippen LogP contribution in [0.15, 0.2) is 36.8 Å². The van der Waals surface area contributed by atoms with Gasteiger partial charge in [-0.3, -0.25) is 14.4 Å². The highest BCUT2D eigenvalue weighted by atomic mass is 35.5. The summed E-state index contributed by atoms with van der Waals surface area (Å²) in [4.78, 5) is 19.9. The van der Waals surface area contributed by atoms with E-state index in [1.807, 2.05) is 38.5 Å². The molecule has 5 atom stereocenters. The molecular weight excluding hydrogens is 505 g/mol. The maximum Gasteiger partial charge on any atom is 0.229 e. The van der Waals surface area contributed by atoms with E-state index in [-0.39, 0.29) is 24.3 Å². The molecule has 1 amide bonds. The van der Waals surface area contributed by atoms with Gasteiger partial charge in [-0.25, -0.2) is 9.37 Å². The first kappa shape index (κ1) is 25.7. The number of pyridine rings is 1. The molecule has 38 heavy (non-hydrogen) atoms. The molecule has 3 aromatic rings. The lowest BCUT2D eigenvalue weighted by molar-refractivity contribution is -0.117. The third-order valence-corrected chi connectivity index (χ3v) is 9.46. The highest BCUT2D eigenvalue weighted by molar-refractivity contribution is 6.32. The summed E-state index contributed by atoms with van der Waals surface area (Å²) in [5, 5.41) is 10.0. The van der Waals surface area contributed by atoms with Crippen molar-refractivity contribution in [1.82, 2.24) is 19.7 Å². The van der Waals surface area contributed by atoms with Crippen LogP contribution in [0, 0.1) is 11.8 Å². The van der Waals surface area contributed by atoms with Crippen LogP contribution in [0.1, 0.15) is 56.1 Å². The minimum atomic E-state index is -0.952. The standard InChI is InChI=1S/C29H35ClFN5O2/c1-4-21-26(20-13-33-35(3)14-20)27(21)28(37)34-25-11-18-9-22(23(30)10-19(18)12-32-25)17-5-7-36(8-6-17)29(2)16-38-15-24(29)31/h9-14,17,21,24,26-27H,4-8,15-16H2,1-3H3,(H,32,34,37)/t21-,24-,26+,27+,29+/m0/s1. The van der Waals surface area contributed by atoms with Crippen molar-refractivity contribution in [3.05, 3.63) is 52.9 Å². The molecule has 7 nitrogen and oxygen atoms in total. The fraction of sp³-hybridized carbons (Fsp3) is 0.552. The molecule has 0 radical (unpaired) electrons. The van der Waals surface area contributed by atoms with Crippen LogP contribution in [-0.4, -0.2) is 63.6 Å². The molecule has 1 saturated carbocycles. The molecular formula is C29H35ClFN5O2. The number of nitrogens with zero attached hydrogens (tertiary/aromatic N) is 4. The summed E-state index contributed by atoms with van der Waals surface area (Å²) in [5.74, 6) is 1.33. The largest absolute Gasteiger partial charge is 0.376 e. The lowest BCUT2D eigenvalue weighted by Gasteiger charge is -2.43. The van der Waals surface area contributed by atoms with Gasteiger partial charge >= 0.3 is 0 Å². The number of rotatable bonds is 6. The van der Waals surface area contributed by atoms with Crippen molar-refractivity contribution in [2.45, 2.75) is 56.7 Å². The number of anilines is 1. The topological polar surface area (TPSA) is 72.3 Å². The lowest BCUT2D eigenvalue weighted by atomic mass is 9.85. The molecule has 2 aliphatic heterocycles. The molecule has 1 aromatic carbocycles. The van der Waals surface area contributed by atoms with Crippen molar-refractivity contribution in [3.63, 3.8) is 0 Å². The SMILES string of the molecule is CC[C@@H]1[C@@H](C(=O)Nc2cc3cc(C4CCN([C@]5(C)COC[C@@H]5F)CC4)c(Cl)cc3cn2)[C@@H]1c1cnn(C)c1. The van der Waals surface area contributed by atoms with Gasteiger partial charge < -0.3 is 10.1 Å². The van der Waals surface area contributed by atoms with Gasteiger partial charge in [0.15, 0.2) is 0 Å². The van der Waals surface area contributed by atoms with E-state index < -0.39 is 11.7 Å². The molecule has 0 bridgehead atoms. The maximum absolute atomic E-state index is 14.5. The molecule has 202 valence electrons. The third kappa shape index (κ3) is 4.50. The Bertz CT molecular complexity index is 1360. The number of aromatic nitrogens is 3. The van der Waals surface area contributed by atoms with Crippen molar-refractivity contribution < 1.29 is 13.9 Å². The van der Waals surface area contributed by atoms with E-state index in [1.54, 1.807) is 10.9 Å². The van der Waals surface area contributed by atoms with Crippen molar-refractivity contribution in [1.29, 1.82) is 0 Å². The highest BCUT2D eigenvalue weighted by Gasteiger charge is 2.54. The second-order valence-electron chi connectivity index (χ2n) is 11.5. The molecule has 2 aromatic heterocycles. The van der Waals surface area contributed by atoms with Gasteiger partial charge in [-0.05, 0) is 79.4 Å². The Morgan fingerprint density at radius 2 is 2.03 bits per heavy atom. The minimum absolute atomic E-state index is 0.00895. The van der Waals surface area contributed by atoms with Crippen LogP contribution < -0.4 is 5.32 Å². The number of piperidine rings is 1. The van der Waals surface area contributed by atoms with Crippen LogP contribution in [0.5, 0.6) is 0 Å². The Morgan fingerprint density at radius 1 is 1.24 bits per heavy atom. The molecule has 9 heteroatoms. The molecule has 3 aliphatic rings. The van der Waals surface area contributed by atoms with E-state index in [1.165, 1.54) is 0 Å². The van der Waals surface area contributed by atoms with Gasteiger partial charge in [-0.2, -0.15) is 5.10 Å². The fourth-order valence-corrected chi connectivity index (χ4v) is 7.04. The summed E-state index contributed by atoms with van der Waals surface area (Å²) in [7, 11) is 1.90. The Hall–Kier alpha value is -2.55. The van der Waals surface area contributed by atoms with E-state index in [9.17, 15) is 9.18 Å². The van der Waals surface area contributed by atoms with Crippen LogP contribution in [0.2, 0.25) is 5.02 Å². The summed E-state index contributed by atoms with van der Waals surface area (Å²) in [6, 6.07) is 6.04. The van der Waals surface area contributed by atoms with Crippen LogP contribution in [0.3, 0.4) is 0 Å². The number of amides is 1. The van der Waals surface area contributed by atoms with Crippen LogP contribution in [0.4, 0.5) is 10.2 Å². The van der Waals surface area contributed by atoms with E-state index in [4.69, 9.17) is 16.3 Å². The molecule has 1 N–H and O–H groups in total. The number of nitrogens with one attached hydrogen (secondary N) is 1. The van der Waals surface area contributed by atoms with Gasteiger partial charge in [0.1, 0.15) is 12.0 Å². The molecule has 2 saturated heterocycles. The van der Waals surface area contributed by atoms with E-state index in [0.29, 0.717) is 24.3 Å². The number of hydrogen-bond acceptors (Lipinski definition) is 5. The van der Waals surface area contributed by atoms with Crippen molar-refractivity contribution in [2.75, 3.05) is 31.6 Å². The predicted octanol–water partition coefficient (Wildman–Crippen LogP) is 5.31. The molecule has 0 unspecified atom stereocenters. The number of ether oxygens (including phenoxy) is 1. The van der Waals surface area contributed by atoms with Crippen LogP contribution >= 0.6 is 11.6 Å². The van der Waals surface area contributed by atoms with E-state index in [0.717, 1.165) is 59.3 Å². The highest BCUT2D eigenvalue weighted by Crippen LogP contribution is 2.56. The molecule has 1 aliphatic carbocycles. The summed E-state index contributed by atoms with van der Waals surface area (Å²) in [5.41, 5.74) is 1.69. The monoisotopic (exact) mass is 539 g/mol. The Balaban J connectivity index is 1.16. The molecule has 0 spiro atoms. The number of hydrogen-bond donors (Lipinski definition) is 1. The lowest BCUT2D eigenvalue weighted by Crippen LogP contribution is -2.55. The predicted molar refractivity (Wildman–Crippen MR) is 146 cm³/mol. The normalized spacial score (nSPS) is 30.1. The number of fused-ring (bicyclic) bond motifs is 1. The average Bonchev–Trinajstić information content (AvgIpc) is 3.33. The number of likely N-dealkylation sites (tertiary alicyclic amines) is 1. The Kier molecular flexibility index (Phi) is 6.69. The van der Waals surface area contributed by atoms with Crippen molar-refractivity contribution in [3.8, 4) is 0 Å². The summed E-state index contributed by atoms with van der Waals surface area (Å²) in [6.07, 6.45) is 7.46. The Labute approximate surface area is 227 Å². The zero-order chi connectivity index (χ0) is 26.6. The number of benzene rings is 1. The van der Waals surface area contributed by atoms with Crippen LogP contribution in [0.25, 0.3) is 10.8 Å². The zero-order valence-electron chi connectivity index (χ0n) is 22.2.